The van der Waals surface area contributed by atoms with Gasteiger partial charge in [0.05, 0.1) is 12.0 Å². The minimum absolute atomic E-state index is 0.00796. The standard InChI is InChI=1S/C11H15NO2/c1-11(2,3)10(13)7-8(12)9-5-4-6-14-9/h4-7H,12H2,1-3H3. The molecule has 0 aliphatic rings. The molecule has 0 spiro atoms. The van der Waals surface area contributed by atoms with Crippen molar-refractivity contribution < 1.29 is 9.21 Å². The number of ketones is 1. The van der Waals surface area contributed by atoms with E-state index in [4.69, 9.17) is 10.2 Å². The van der Waals surface area contributed by atoms with Crippen molar-refractivity contribution in [3.05, 3.63) is 30.2 Å². The summed E-state index contributed by atoms with van der Waals surface area (Å²) in [4.78, 5) is 11.6. The Morgan fingerprint density at radius 2 is 2.14 bits per heavy atom. The number of rotatable bonds is 2. The van der Waals surface area contributed by atoms with Crippen molar-refractivity contribution in [3.63, 3.8) is 0 Å². The van der Waals surface area contributed by atoms with Crippen molar-refractivity contribution in [1.82, 2.24) is 0 Å². The first-order chi connectivity index (χ1) is 6.41. The maximum Gasteiger partial charge on any atom is 0.163 e. The molecule has 2 N–H and O–H groups in total. The van der Waals surface area contributed by atoms with E-state index in [0.717, 1.165) is 0 Å². The van der Waals surface area contributed by atoms with Gasteiger partial charge >= 0.3 is 0 Å². The lowest BCUT2D eigenvalue weighted by Crippen LogP contribution is -2.18. The molecule has 0 fully saturated rings. The van der Waals surface area contributed by atoms with Crippen molar-refractivity contribution in [2.45, 2.75) is 20.8 Å². The first-order valence-electron chi connectivity index (χ1n) is 4.47. The molecular formula is C11H15NO2. The van der Waals surface area contributed by atoms with Crippen LogP contribution in [0.15, 0.2) is 28.9 Å². The van der Waals surface area contributed by atoms with Crippen molar-refractivity contribution in [1.29, 1.82) is 0 Å². The predicted octanol–water partition coefficient (Wildman–Crippen LogP) is 2.19. The third-order valence-electron chi connectivity index (χ3n) is 1.83. The minimum Gasteiger partial charge on any atom is -0.463 e. The van der Waals surface area contributed by atoms with Crippen LogP contribution in [0.5, 0.6) is 0 Å². The van der Waals surface area contributed by atoms with Crippen molar-refractivity contribution >= 4 is 11.5 Å². The average Bonchev–Trinajstić information content (AvgIpc) is 2.53. The van der Waals surface area contributed by atoms with E-state index in [1.807, 2.05) is 20.8 Å². The van der Waals surface area contributed by atoms with Gasteiger partial charge in [0.1, 0.15) is 5.76 Å². The van der Waals surface area contributed by atoms with E-state index in [1.54, 1.807) is 12.1 Å². The highest BCUT2D eigenvalue weighted by Crippen LogP contribution is 2.18. The monoisotopic (exact) mass is 193 g/mol. The Morgan fingerprint density at radius 1 is 1.50 bits per heavy atom. The van der Waals surface area contributed by atoms with Gasteiger partial charge in [-0.15, -0.1) is 0 Å². The van der Waals surface area contributed by atoms with E-state index in [9.17, 15) is 4.79 Å². The quantitative estimate of drug-likeness (QED) is 0.732. The van der Waals surface area contributed by atoms with Crippen LogP contribution in [0.2, 0.25) is 0 Å². The molecule has 0 atom stereocenters. The molecule has 0 aromatic carbocycles. The molecule has 76 valence electrons. The maximum absolute atomic E-state index is 11.6. The molecule has 3 nitrogen and oxygen atoms in total. The van der Waals surface area contributed by atoms with E-state index in [-0.39, 0.29) is 5.78 Å². The molecule has 0 aliphatic heterocycles. The van der Waals surface area contributed by atoms with Crippen molar-refractivity contribution in [3.8, 4) is 0 Å². The number of furan rings is 1. The van der Waals surface area contributed by atoms with Gasteiger partial charge in [-0.05, 0) is 12.1 Å². The Hall–Kier alpha value is -1.51. The molecule has 0 aliphatic carbocycles. The van der Waals surface area contributed by atoms with Gasteiger partial charge in [-0.1, -0.05) is 20.8 Å². The minimum atomic E-state index is -0.406. The molecule has 1 heterocycles. The Labute approximate surface area is 83.6 Å². The summed E-state index contributed by atoms with van der Waals surface area (Å²) in [6, 6.07) is 3.46. The van der Waals surface area contributed by atoms with Gasteiger partial charge in [0.2, 0.25) is 0 Å². The van der Waals surface area contributed by atoms with Gasteiger partial charge in [0.15, 0.2) is 5.78 Å². The number of allylic oxidation sites excluding steroid dienone is 1. The highest BCUT2D eigenvalue weighted by Gasteiger charge is 2.19. The van der Waals surface area contributed by atoms with Crippen LogP contribution in [-0.4, -0.2) is 5.78 Å². The summed E-state index contributed by atoms with van der Waals surface area (Å²) < 4.78 is 5.06. The second-order valence-electron chi connectivity index (χ2n) is 4.19. The lowest BCUT2D eigenvalue weighted by Gasteiger charge is -2.13. The van der Waals surface area contributed by atoms with Crippen LogP contribution >= 0.6 is 0 Å². The van der Waals surface area contributed by atoms with Gasteiger partial charge in [-0.2, -0.15) is 0 Å². The molecule has 1 aromatic heterocycles. The van der Waals surface area contributed by atoms with Gasteiger partial charge in [-0.25, -0.2) is 0 Å². The smallest absolute Gasteiger partial charge is 0.163 e. The van der Waals surface area contributed by atoms with E-state index in [0.29, 0.717) is 11.5 Å². The Bertz CT molecular complexity index is 342. The van der Waals surface area contributed by atoms with Crippen LogP contribution in [0.1, 0.15) is 26.5 Å². The van der Waals surface area contributed by atoms with Crippen LogP contribution in [0, 0.1) is 5.41 Å². The fraction of sp³-hybridized carbons (Fsp3) is 0.364. The molecule has 14 heavy (non-hydrogen) atoms. The Kier molecular flexibility index (Phi) is 2.79. The summed E-state index contributed by atoms with van der Waals surface area (Å²) in [5, 5.41) is 0. The molecule has 0 saturated carbocycles. The number of carbonyl (C=O) groups excluding carboxylic acids is 1. The summed E-state index contributed by atoms with van der Waals surface area (Å²) in [7, 11) is 0. The fourth-order valence-electron chi connectivity index (χ4n) is 0.872. The number of hydrogen-bond acceptors (Lipinski definition) is 3. The largest absolute Gasteiger partial charge is 0.463 e. The number of hydrogen-bond donors (Lipinski definition) is 1. The highest BCUT2D eigenvalue weighted by atomic mass is 16.3. The van der Waals surface area contributed by atoms with E-state index in [2.05, 4.69) is 0 Å². The number of carbonyl (C=O) groups is 1. The number of nitrogens with two attached hydrogens (primary N) is 1. The molecule has 0 unspecified atom stereocenters. The summed E-state index contributed by atoms with van der Waals surface area (Å²) in [6.45, 7) is 5.55. The molecule has 0 bridgehead atoms. The van der Waals surface area contributed by atoms with Crippen molar-refractivity contribution in [2.24, 2.45) is 11.1 Å². The summed E-state index contributed by atoms with van der Waals surface area (Å²) >= 11 is 0. The third kappa shape index (κ3) is 2.49. The first-order valence-corrected chi connectivity index (χ1v) is 4.47. The zero-order valence-corrected chi connectivity index (χ0v) is 8.70. The molecular weight excluding hydrogens is 178 g/mol. The third-order valence-corrected chi connectivity index (χ3v) is 1.83. The Morgan fingerprint density at radius 3 is 2.57 bits per heavy atom. The van der Waals surface area contributed by atoms with Gasteiger partial charge in [0.25, 0.3) is 0 Å². The SMILES string of the molecule is CC(C)(C)C(=O)C=C(N)c1ccco1. The zero-order valence-electron chi connectivity index (χ0n) is 8.70. The zero-order chi connectivity index (χ0) is 10.8. The summed E-state index contributed by atoms with van der Waals surface area (Å²) in [5.41, 5.74) is 5.65. The lowest BCUT2D eigenvalue weighted by molar-refractivity contribution is -0.121. The second-order valence-corrected chi connectivity index (χ2v) is 4.19. The topological polar surface area (TPSA) is 56.2 Å². The maximum atomic E-state index is 11.6. The molecule has 1 aromatic rings. The van der Waals surface area contributed by atoms with Gasteiger partial charge < -0.3 is 10.2 Å². The molecule has 0 amide bonds. The predicted molar refractivity (Wildman–Crippen MR) is 55.3 cm³/mol. The average molecular weight is 193 g/mol. The van der Waals surface area contributed by atoms with Crippen LogP contribution < -0.4 is 5.73 Å². The van der Waals surface area contributed by atoms with Gasteiger partial charge in [0, 0.05) is 11.5 Å². The van der Waals surface area contributed by atoms with E-state index >= 15 is 0 Å². The normalized spacial score (nSPS) is 12.9. The molecule has 3 heteroatoms. The lowest BCUT2D eigenvalue weighted by atomic mass is 9.90. The van der Waals surface area contributed by atoms with Crippen LogP contribution in [0.25, 0.3) is 5.70 Å². The molecule has 0 saturated heterocycles. The summed E-state index contributed by atoms with van der Waals surface area (Å²) in [6.07, 6.45) is 2.94. The first kappa shape index (κ1) is 10.6. The van der Waals surface area contributed by atoms with E-state index in [1.165, 1.54) is 12.3 Å². The molecule has 1 rings (SSSR count). The second kappa shape index (κ2) is 3.70. The fourth-order valence-corrected chi connectivity index (χ4v) is 0.872. The van der Waals surface area contributed by atoms with E-state index < -0.39 is 5.41 Å². The van der Waals surface area contributed by atoms with Gasteiger partial charge in [-0.3, -0.25) is 4.79 Å². The Balaban J connectivity index is 2.85. The highest BCUT2D eigenvalue weighted by molar-refractivity contribution is 5.99. The molecule has 0 radical (unpaired) electrons. The summed E-state index contributed by atoms with van der Waals surface area (Å²) in [5.74, 6) is 0.522. The van der Waals surface area contributed by atoms with Crippen LogP contribution in [0.3, 0.4) is 0 Å². The van der Waals surface area contributed by atoms with Crippen LogP contribution in [0.4, 0.5) is 0 Å². The van der Waals surface area contributed by atoms with Crippen LogP contribution in [-0.2, 0) is 4.79 Å². The van der Waals surface area contributed by atoms with Crippen molar-refractivity contribution in [2.75, 3.05) is 0 Å².